The van der Waals surface area contributed by atoms with Crippen molar-refractivity contribution in [3.05, 3.63) is 101 Å². The number of hydrogen-bond acceptors (Lipinski definition) is 4. The molecule has 0 fully saturated rings. The average molecular weight is 695 g/mol. The minimum Gasteiger partial charge on any atom is -0.512 e. The van der Waals surface area contributed by atoms with E-state index in [0.717, 1.165) is 33.7 Å². The maximum absolute atomic E-state index is 10.0. The molecule has 0 unspecified atom stereocenters. The normalized spacial score (nSPS) is 13.5. The molecule has 0 bridgehead atoms. The number of fused-ring (bicyclic) bond motifs is 6. The van der Waals surface area contributed by atoms with Crippen molar-refractivity contribution in [2.75, 3.05) is 0 Å². The van der Waals surface area contributed by atoms with Crippen molar-refractivity contribution in [1.82, 2.24) is 4.98 Å². The van der Waals surface area contributed by atoms with Crippen molar-refractivity contribution in [3.8, 4) is 22.6 Å². The molecule has 0 saturated heterocycles. The van der Waals surface area contributed by atoms with Crippen LogP contribution in [0.3, 0.4) is 0 Å². The van der Waals surface area contributed by atoms with Crippen LogP contribution >= 0.6 is 0 Å². The van der Waals surface area contributed by atoms with Gasteiger partial charge in [-0.05, 0) is 48.6 Å². The number of nitrogens with zero attached hydrogens (tertiary/aromatic N) is 1. The topological polar surface area (TPSA) is 63.3 Å². The van der Waals surface area contributed by atoms with Gasteiger partial charge in [-0.1, -0.05) is 75.7 Å². The Balaban J connectivity index is 0.000000394. The van der Waals surface area contributed by atoms with Crippen molar-refractivity contribution in [3.63, 3.8) is 0 Å². The Morgan fingerprint density at radius 3 is 2.31 bits per heavy atom. The number of furan rings is 1. The first-order chi connectivity index (χ1) is 18.1. The number of allylic oxidation sites excluding steroid dienone is 2. The van der Waals surface area contributed by atoms with E-state index in [4.69, 9.17) is 14.5 Å². The molecule has 1 aliphatic carbocycles. The van der Waals surface area contributed by atoms with Crippen LogP contribution in [0, 0.1) is 6.07 Å². The first-order valence-electron chi connectivity index (χ1n) is 12.9. The molecule has 3 aromatic carbocycles. The van der Waals surface area contributed by atoms with E-state index >= 15 is 0 Å². The largest absolute Gasteiger partial charge is 0.512 e. The fraction of sp³-hybridized carbons (Fsp3) is 0.235. The number of aromatic nitrogens is 1. The van der Waals surface area contributed by atoms with Crippen LogP contribution < -0.4 is 0 Å². The zero-order valence-electron chi connectivity index (χ0n) is 23.0. The van der Waals surface area contributed by atoms with Gasteiger partial charge in [0.2, 0.25) is 0 Å². The van der Waals surface area contributed by atoms with Gasteiger partial charge in [0, 0.05) is 42.5 Å². The van der Waals surface area contributed by atoms with Gasteiger partial charge in [0.15, 0.2) is 5.78 Å². The fourth-order valence-corrected chi connectivity index (χ4v) is 5.62. The molecule has 1 aliphatic rings. The van der Waals surface area contributed by atoms with Crippen LogP contribution in [0.4, 0.5) is 0 Å². The zero-order valence-corrected chi connectivity index (χ0v) is 25.4. The molecule has 39 heavy (non-hydrogen) atoms. The van der Waals surface area contributed by atoms with Crippen molar-refractivity contribution in [2.24, 2.45) is 0 Å². The summed E-state index contributed by atoms with van der Waals surface area (Å²) in [6.07, 6.45) is 1.17. The Bertz CT molecular complexity index is 1720. The van der Waals surface area contributed by atoms with Gasteiger partial charge in [0.25, 0.3) is 0 Å². The quantitative estimate of drug-likeness (QED) is 0.116. The third-order valence-electron chi connectivity index (χ3n) is 7.13. The summed E-state index contributed by atoms with van der Waals surface area (Å²) in [5, 5.41) is 10.8. The second-order valence-electron chi connectivity index (χ2n) is 10.7. The molecule has 201 valence electrons. The number of para-hydroxylation sites is 2. The second-order valence-corrected chi connectivity index (χ2v) is 10.7. The molecule has 0 atom stereocenters. The van der Waals surface area contributed by atoms with E-state index in [1.54, 1.807) is 0 Å². The maximum Gasteiger partial charge on any atom is 0.155 e. The number of benzene rings is 3. The molecule has 2 aromatic heterocycles. The Morgan fingerprint density at radius 1 is 1.00 bits per heavy atom. The van der Waals surface area contributed by atoms with E-state index in [9.17, 15) is 4.79 Å². The van der Waals surface area contributed by atoms with Gasteiger partial charge in [-0.2, -0.15) is 0 Å². The number of carbonyl (C=O) groups excluding carboxylic acids is 1. The summed E-state index contributed by atoms with van der Waals surface area (Å²) in [6, 6.07) is 26.7. The Morgan fingerprint density at radius 2 is 1.67 bits per heavy atom. The van der Waals surface area contributed by atoms with E-state index < -0.39 is 0 Å². The molecule has 2 heterocycles. The molecule has 1 N–H and O–H groups in total. The third kappa shape index (κ3) is 5.09. The van der Waals surface area contributed by atoms with Crippen LogP contribution in [0.2, 0.25) is 0 Å². The number of hydrogen-bond donors (Lipinski definition) is 1. The summed E-state index contributed by atoms with van der Waals surface area (Å²) in [5.74, 6) is 1.34. The first kappa shape index (κ1) is 28.5. The van der Waals surface area contributed by atoms with E-state index in [0.29, 0.717) is 5.92 Å². The standard InChI is InChI=1S/C29H24NO.C5H8O2.Ir/c1-17(2)22-16-24(30-23-14-7-5-10-18(22)23)19-12-9-13-21-26(19)29(3,4)27-20-11-6-8-15-25(20)31-28(21)27;1-4(6)3-5(2)7;/h5-11,13-17H,1-4H3;3,6H,1-2H3;/q-1;;/b;4-3-;. The number of aliphatic hydroxyl groups is 1. The first-order valence-corrected chi connectivity index (χ1v) is 12.9. The fourth-order valence-electron chi connectivity index (χ4n) is 5.62. The molecule has 6 rings (SSSR count). The van der Waals surface area contributed by atoms with E-state index in [-0.39, 0.29) is 37.1 Å². The number of pyridine rings is 1. The molecule has 0 saturated carbocycles. The van der Waals surface area contributed by atoms with Crippen LogP contribution in [0.5, 0.6) is 0 Å². The summed E-state index contributed by atoms with van der Waals surface area (Å²) in [6.45, 7) is 11.9. The predicted molar refractivity (Wildman–Crippen MR) is 155 cm³/mol. The van der Waals surface area contributed by atoms with Crippen LogP contribution in [0.1, 0.15) is 64.2 Å². The number of aliphatic hydroxyl groups excluding tert-OH is 1. The summed E-state index contributed by atoms with van der Waals surface area (Å²) in [7, 11) is 0. The Labute approximate surface area is 243 Å². The van der Waals surface area contributed by atoms with E-state index in [1.807, 2.05) is 12.1 Å². The van der Waals surface area contributed by atoms with Gasteiger partial charge in [-0.25, -0.2) is 0 Å². The van der Waals surface area contributed by atoms with Gasteiger partial charge >= 0.3 is 0 Å². The van der Waals surface area contributed by atoms with Gasteiger partial charge in [0.05, 0.1) is 11.3 Å². The molecule has 5 aromatic rings. The second kappa shape index (κ2) is 10.9. The van der Waals surface area contributed by atoms with Crippen molar-refractivity contribution < 1.29 is 34.4 Å². The molecule has 0 spiro atoms. The Kier molecular flexibility index (Phi) is 7.97. The average Bonchev–Trinajstić information content (AvgIpc) is 3.37. The number of ketones is 1. The molecular weight excluding hydrogens is 663 g/mol. The Hall–Kier alpha value is -3.53. The van der Waals surface area contributed by atoms with Crippen molar-refractivity contribution in [1.29, 1.82) is 0 Å². The van der Waals surface area contributed by atoms with Crippen LogP contribution in [0.25, 0.3) is 44.5 Å². The van der Waals surface area contributed by atoms with Crippen molar-refractivity contribution in [2.45, 2.75) is 52.9 Å². The summed E-state index contributed by atoms with van der Waals surface area (Å²) < 4.78 is 6.36. The predicted octanol–water partition coefficient (Wildman–Crippen LogP) is 8.91. The molecule has 4 nitrogen and oxygen atoms in total. The molecule has 5 heteroatoms. The SMILES string of the molecule is CC(=O)/C=C(/C)O.CC(C)c1cc(-c2[c-]ccc3c2C(C)(C)c2c-3oc3ccccc23)nc2ccccc12.[Ir]. The van der Waals surface area contributed by atoms with Crippen LogP contribution in [-0.2, 0) is 30.3 Å². The van der Waals surface area contributed by atoms with Gasteiger partial charge in [-0.3, -0.25) is 9.78 Å². The van der Waals surface area contributed by atoms with E-state index in [2.05, 4.69) is 88.4 Å². The summed E-state index contributed by atoms with van der Waals surface area (Å²) in [4.78, 5) is 15.1. The van der Waals surface area contributed by atoms with Crippen molar-refractivity contribution >= 4 is 27.7 Å². The maximum atomic E-state index is 10.0. The summed E-state index contributed by atoms with van der Waals surface area (Å²) in [5.41, 5.74) is 8.85. The molecule has 0 aliphatic heterocycles. The summed E-state index contributed by atoms with van der Waals surface area (Å²) >= 11 is 0. The van der Waals surface area contributed by atoms with Gasteiger partial charge in [0.1, 0.15) is 11.3 Å². The van der Waals surface area contributed by atoms with Gasteiger partial charge in [-0.15, -0.1) is 29.3 Å². The number of rotatable bonds is 3. The van der Waals surface area contributed by atoms with Crippen LogP contribution in [0.15, 0.2) is 83.0 Å². The van der Waals surface area contributed by atoms with Crippen LogP contribution in [-0.4, -0.2) is 15.9 Å². The smallest absolute Gasteiger partial charge is 0.155 e. The minimum atomic E-state index is -0.199. The molecule has 0 amide bonds. The zero-order chi connectivity index (χ0) is 27.2. The number of carbonyl (C=O) groups is 1. The molecular formula is C34H32IrNO3-. The minimum absolute atomic E-state index is 0. The monoisotopic (exact) mass is 695 g/mol. The van der Waals surface area contributed by atoms with Gasteiger partial charge < -0.3 is 9.52 Å². The molecule has 1 radical (unpaired) electrons. The third-order valence-corrected chi connectivity index (χ3v) is 7.13. The van der Waals surface area contributed by atoms with E-state index in [1.165, 1.54) is 47.4 Å².